The minimum atomic E-state index is -0.0229. The lowest BCUT2D eigenvalue weighted by atomic mass is 10.3. The van der Waals surface area contributed by atoms with Gasteiger partial charge in [-0.2, -0.15) is 5.10 Å². The molecule has 21 heavy (non-hydrogen) atoms. The molecule has 0 aliphatic heterocycles. The van der Waals surface area contributed by atoms with E-state index in [0.29, 0.717) is 25.7 Å². The van der Waals surface area contributed by atoms with Crippen molar-refractivity contribution in [2.24, 2.45) is 0 Å². The molecule has 114 valence electrons. The summed E-state index contributed by atoms with van der Waals surface area (Å²) >= 11 is 0. The highest BCUT2D eigenvalue weighted by Crippen LogP contribution is 2.09. The number of hydrogen-bond acceptors (Lipinski definition) is 4. The van der Waals surface area contributed by atoms with Gasteiger partial charge < -0.3 is 14.6 Å². The number of nitrogens with one attached hydrogen (secondary N) is 1. The first-order valence-corrected chi connectivity index (χ1v) is 7.06. The standard InChI is InChI=1S/C15H22N4O2/c1-12(2)19-10-13(9-17-19)8-16-14-4-5-15(20)18(11-14)6-7-21-3/h4-5,9-12,16H,6-8H2,1-3H3. The topological polar surface area (TPSA) is 61.1 Å². The van der Waals surface area contributed by atoms with Crippen molar-refractivity contribution in [1.29, 1.82) is 0 Å². The molecule has 1 N–H and O–H groups in total. The molecule has 0 aliphatic carbocycles. The van der Waals surface area contributed by atoms with E-state index in [1.165, 1.54) is 0 Å². The van der Waals surface area contributed by atoms with Crippen molar-refractivity contribution >= 4 is 5.69 Å². The molecule has 0 spiro atoms. The SMILES string of the molecule is COCCn1cc(NCc2cnn(C(C)C)c2)ccc1=O. The molecule has 2 aromatic rings. The van der Waals surface area contributed by atoms with Crippen molar-refractivity contribution in [3.05, 3.63) is 46.6 Å². The molecule has 0 aliphatic rings. The van der Waals surface area contributed by atoms with Gasteiger partial charge in [-0.1, -0.05) is 0 Å². The summed E-state index contributed by atoms with van der Waals surface area (Å²) in [6, 6.07) is 3.71. The smallest absolute Gasteiger partial charge is 0.250 e. The van der Waals surface area contributed by atoms with Crippen LogP contribution >= 0.6 is 0 Å². The largest absolute Gasteiger partial charge is 0.383 e. The maximum Gasteiger partial charge on any atom is 0.250 e. The first-order valence-electron chi connectivity index (χ1n) is 7.06. The molecule has 0 atom stereocenters. The number of ether oxygens (including phenoxy) is 1. The zero-order valence-electron chi connectivity index (χ0n) is 12.7. The molecule has 0 unspecified atom stereocenters. The first-order chi connectivity index (χ1) is 10.1. The molecule has 2 aromatic heterocycles. The van der Waals surface area contributed by atoms with Gasteiger partial charge in [0, 0.05) is 50.3 Å². The monoisotopic (exact) mass is 290 g/mol. The Hall–Kier alpha value is -2.08. The molecule has 0 radical (unpaired) electrons. The quantitative estimate of drug-likeness (QED) is 0.846. The van der Waals surface area contributed by atoms with E-state index in [2.05, 4.69) is 24.3 Å². The predicted octanol–water partition coefficient (Wildman–Crippen LogP) is 1.88. The Morgan fingerprint density at radius 1 is 1.33 bits per heavy atom. The highest BCUT2D eigenvalue weighted by atomic mass is 16.5. The lowest BCUT2D eigenvalue weighted by Gasteiger charge is -2.09. The van der Waals surface area contributed by atoms with Crippen LogP contribution in [0.25, 0.3) is 0 Å². The Labute approximate surface area is 124 Å². The third-order valence-corrected chi connectivity index (χ3v) is 3.20. The Morgan fingerprint density at radius 2 is 2.14 bits per heavy atom. The maximum absolute atomic E-state index is 11.7. The maximum atomic E-state index is 11.7. The molecule has 6 heteroatoms. The Morgan fingerprint density at radius 3 is 2.81 bits per heavy atom. The average molecular weight is 290 g/mol. The van der Waals surface area contributed by atoms with Crippen LogP contribution in [-0.4, -0.2) is 28.1 Å². The lowest BCUT2D eigenvalue weighted by Crippen LogP contribution is -2.21. The summed E-state index contributed by atoms with van der Waals surface area (Å²) in [5.41, 5.74) is 1.99. The van der Waals surface area contributed by atoms with Crippen LogP contribution in [0.15, 0.2) is 35.5 Å². The minimum Gasteiger partial charge on any atom is -0.383 e. The molecule has 0 fully saturated rings. The molecule has 0 saturated carbocycles. The number of pyridine rings is 1. The van der Waals surface area contributed by atoms with Gasteiger partial charge in [-0.25, -0.2) is 0 Å². The average Bonchev–Trinajstić information content (AvgIpc) is 2.94. The number of rotatable bonds is 7. The molecule has 2 rings (SSSR count). The second kappa shape index (κ2) is 7.08. The lowest BCUT2D eigenvalue weighted by molar-refractivity contribution is 0.186. The van der Waals surface area contributed by atoms with Gasteiger partial charge in [0.1, 0.15) is 0 Å². The van der Waals surface area contributed by atoms with Crippen LogP contribution in [0.2, 0.25) is 0 Å². The summed E-state index contributed by atoms with van der Waals surface area (Å²) in [6.45, 7) is 5.93. The molecular weight excluding hydrogens is 268 g/mol. The van der Waals surface area contributed by atoms with Gasteiger partial charge >= 0.3 is 0 Å². The van der Waals surface area contributed by atoms with Gasteiger partial charge in [-0.15, -0.1) is 0 Å². The first kappa shape index (κ1) is 15.3. The molecule has 0 aromatic carbocycles. The number of nitrogens with zero attached hydrogens (tertiary/aromatic N) is 3. The number of aromatic nitrogens is 3. The van der Waals surface area contributed by atoms with E-state index in [4.69, 9.17) is 4.74 Å². The van der Waals surface area contributed by atoms with Gasteiger partial charge in [0.05, 0.1) is 18.5 Å². The fourth-order valence-corrected chi connectivity index (χ4v) is 1.96. The fourth-order valence-electron chi connectivity index (χ4n) is 1.96. The van der Waals surface area contributed by atoms with Crippen LogP contribution in [0.3, 0.4) is 0 Å². The summed E-state index contributed by atoms with van der Waals surface area (Å²) in [4.78, 5) is 11.7. The van der Waals surface area contributed by atoms with E-state index in [1.807, 2.05) is 23.3 Å². The Balaban J connectivity index is 2.00. The number of hydrogen-bond donors (Lipinski definition) is 1. The van der Waals surface area contributed by atoms with Gasteiger partial charge in [0.2, 0.25) is 0 Å². The summed E-state index contributed by atoms with van der Waals surface area (Å²) in [7, 11) is 1.62. The normalized spacial score (nSPS) is 11.0. The van der Waals surface area contributed by atoms with Crippen LogP contribution in [0, 0.1) is 0 Å². The third-order valence-electron chi connectivity index (χ3n) is 3.20. The van der Waals surface area contributed by atoms with E-state index in [9.17, 15) is 4.79 Å². The van der Waals surface area contributed by atoms with Gasteiger partial charge in [0.15, 0.2) is 0 Å². The number of anilines is 1. The number of methoxy groups -OCH3 is 1. The zero-order valence-corrected chi connectivity index (χ0v) is 12.7. The predicted molar refractivity (Wildman–Crippen MR) is 82.5 cm³/mol. The summed E-state index contributed by atoms with van der Waals surface area (Å²) in [5, 5.41) is 7.61. The molecule has 0 bridgehead atoms. The third kappa shape index (κ3) is 4.19. The van der Waals surface area contributed by atoms with E-state index in [0.717, 1.165) is 11.3 Å². The van der Waals surface area contributed by atoms with Crippen molar-refractivity contribution in [3.8, 4) is 0 Å². The summed E-state index contributed by atoms with van der Waals surface area (Å²) in [5.74, 6) is 0. The van der Waals surface area contributed by atoms with E-state index >= 15 is 0 Å². The van der Waals surface area contributed by atoms with E-state index in [1.54, 1.807) is 23.8 Å². The van der Waals surface area contributed by atoms with Crippen molar-refractivity contribution in [3.63, 3.8) is 0 Å². The fraction of sp³-hybridized carbons (Fsp3) is 0.467. The molecule has 0 saturated heterocycles. The molecule has 2 heterocycles. The Bertz CT molecular complexity index is 631. The highest BCUT2D eigenvalue weighted by Gasteiger charge is 2.03. The van der Waals surface area contributed by atoms with Gasteiger partial charge in [-0.05, 0) is 19.9 Å². The molecule has 0 amide bonds. The van der Waals surface area contributed by atoms with Crippen LogP contribution in [0.4, 0.5) is 5.69 Å². The van der Waals surface area contributed by atoms with Crippen LogP contribution in [0.5, 0.6) is 0 Å². The van der Waals surface area contributed by atoms with Gasteiger partial charge in [0.25, 0.3) is 5.56 Å². The van der Waals surface area contributed by atoms with E-state index < -0.39 is 0 Å². The molecular formula is C15H22N4O2. The molecule has 6 nitrogen and oxygen atoms in total. The Kier molecular flexibility index (Phi) is 5.16. The van der Waals surface area contributed by atoms with Gasteiger partial charge in [-0.3, -0.25) is 9.48 Å². The van der Waals surface area contributed by atoms with E-state index in [-0.39, 0.29) is 5.56 Å². The van der Waals surface area contributed by atoms with Crippen molar-refractivity contribution in [2.75, 3.05) is 19.0 Å². The summed E-state index contributed by atoms with van der Waals surface area (Å²) < 4.78 is 8.57. The second-order valence-corrected chi connectivity index (χ2v) is 5.22. The van der Waals surface area contributed by atoms with Crippen LogP contribution in [0.1, 0.15) is 25.5 Å². The van der Waals surface area contributed by atoms with Crippen LogP contribution in [-0.2, 0) is 17.8 Å². The second-order valence-electron chi connectivity index (χ2n) is 5.22. The zero-order chi connectivity index (χ0) is 15.2. The van der Waals surface area contributed by atoms with Crippen LogP contribution < -0.4 is 10.9 Å². The van der Waals surface area contributed by atoms with Crippen molar-refractivity contribution in [1.82, 2.24) is 14.3 Å². The highest BCUT2D eigenvalue weighted by molar-refractivity contribution is 5.40. The van der Waals surface area contributed by atoms with Crippen molar-refractivity contribution < 1.29 is 4.74 Å². The van der Waals surface area contributed by atoms with Crippen molar-refractivity contribution in [2.45, 2.75) is 33.0 Å². The minimum absolute atomic E-state index is 0.0229. The summed E-state index contributed by atoms with van der Waals surface area (Å²) in [6.07, 6.45) is 5.70.